The van der Waals surface area contributed by atoms with Crippen LogP contribution in [0.2, 0.25) is 0 Å². The van der Waals surface area contributed by atoms with Gasteiger partial charge in [0.25, 0.3) is 0 Å². The minimum absolute atomic E-state index is 0.144. The molecular weight excluding hydrogens is 197 g/mol. The van der Waals surface area contributed by atoms with E-state index in [1.165, 1.54) is 0 Å². The van der Waals surface area contributed by atoms with Gasteiger partial charge >= 0.3 is 64.3 Å². The molecule has 0 amide bonds. The fourth-order valence-corrected chi connectivity index (χ4v) is 0.907. The van der Waals surface area contributed by atoms with E-state index in [9.17, 15) is 4.79 Å². The maximum atomic E-state index is 10.9. The Hall–Kier alpha value is -0.641. The molecule has 0 unspecified atom stereocenters. The molecule has 0 aliphatic carbocycles. The van der Waals surface area contributed by atoms with E-state index in [-0.39, 0.29) is 12.1 Å². The molecular formula is C5H7N3OSe. The number of nitrogens with one attached hydrogen (secondary N) is 2. The van der Waals surface area contributed by atoms with Crippen LogP contribution in [0.15, 0.2) is 11.0 Å². The Bertz CT molecular complexity index is 326. The van der Waals surface area contributed by atoms with E-state index in [1.54, 1.807) is 6.20 Å². The summed E-state index contributed by atoms with van der Waals surface area (Å²) in [6.07, 6.45) is 1.59. The molecule has 4 nitrogen and oxygen atoms in total. The molecule has 0 spiro atoms. The van der Waals surface area contributed by atoms with E-state index >= 15 is 0 Å². The standard InChI is InChI=1S/C5H7N3OSe/c6-1-3-2-7-5(10)8-4(3)9/h2H,1,6H2,(H2,7,8,9,10). The normalized spacial score (nSPS) is 9.70. The van der Waals surface area contributed by atoms with Gasteiger partial charge in [-0.25, -0.2) is 0 Å². The van der Waals surface area contributed by atoms with Gasteiger partial charge in [-0.15, -0.1) is 0 Å². The van der Waals surface area contributed by atoms with Gasteiger partial charge < -0.3 is 0 Å². The molecule has 1 heterocycles. The van der Waals surface area contributed by atoms with Crippen LogP contribution < -0.4 is 11.3 Å². The van der Waals surface area contributed by atoms with Crippen molar-refractivity contribution in [3.05, 3.63) is 26.4 Å². The van der Waals surface area contributed by atoms with Gasteiger partial charge in [-0.1, -0.05) is 0 Å². The Morgan fingerprint density at radius 1 is 1.70 bits per heavy atom. The van der Waals surface area contributed by atoms with Gasteiger partial charge in [0, 0.05) is 0 Å². The summed E-state index contributed by atoms with van der Waals surface area (Å²) in [4.78, 5) is 16.2. The van der Waals surface area contributed by atoms with Crippen molar-refractivity contribution in [1.82, 2.24) is 9.97 Å². The van der Waals surface area contributed by atoms with Crippen LogP contribution in [0.25, 0.3) is 0 Å². The Labute approximate surface area is 64.8 Å². The summed E-state index contributed by atoms with van der Waals surface area (Å²) in [5, 5.41) is 0. The van der Waals surface area contributed by atoms with Crippen LogP contribution in [0, 0.1) is 4.32 Å². The summed E-state index contributed by atoms with van der Waals surface area (Å²) >= 11 is 2.64. The first-order valence-corrected chi connectivity index (χ1v) is 3.60. The van der Waals surface area contributed by atoms with Crippen molar-refractivity contribution in [3.63, 3.8) is 0 Å². The number of nitrogens with two attached hydrogens (primary N) is 1. The first-order chi connectivity index (χ1) is 4.74. The third-order valence-corrected chi connectivity index (χ3v) is 1.58. The van der Waals surface area contributed by atoms with Crippen LogP contribution in [0.1, 0.15) is 5.56 Å². The first kappa shape index (κ1) is 7.47. The molecule has 1 aromatic rings. The molecule has 0 aromatic carbocycles. The molecule has 4 N–H and O–H groups in total. The zero-order valence-corrected chi connectivity index (χ0v) is 6.89. The summed E-state index contributed by atoms with van der Waals surface area (Å²) in [6, 6.07) is 0. The van der Waals surface area contributed by atoms with Crippen LogP contribution in [0.3, 0.4) is 0 Å². The molecule has 0 bridgehead atoms. The predicted octanol–water partition coefficient (Wildman–Crippen LogP) is -1.14. The van der Waals surface area contributed by atoms with Crippen molar-refractivity contribution in [1.29, 1.82) is 0 Å². The summed E-state index contributed by atoms with van der Waals surface area (Å²) in [6.45, 7) is 0.256. The molecule has 0 saturated carbocycles. The Morgan fingerprint density at radius 2 is 2.40 bits per heavy atom. The zero-order valence-electron chi connectivity index (χ0n) is 5.18. The first-order valence-electron chi connectivity index (χ1n) is 2.75. The van der Waals surface area contributed by atoms with Crippen LogP contribution >= 0.6 is 0 Å². The third-order valence-electron chi connectivity index (χ3n) is 1.12. The summed E-state index contributed by atoms with van der Waals surface area (Å²) < 4.78 is 0.613. The molecule has 54 valence electrons. The molecule has 0 aliphatic heterocycles. The average Bonchev–Trinajstić information content (AvgIpc) is 1.88. The van der Waals surface area contributed by atoms with Gasteiger partial charge in [0.2, 0.25) is 0 Å². The second-order valence-electron chi connectivity index (χ2n) is 1.80. The zero-order chi connectivity index (χ0) is 7.56. The van der Waals surface area contributed by atoms with Gasteiger partial charge in [-0.3, -0.25) is 0 Å². The quantitative estimate of drug-likeness (QED) is 0.506. The van der Waals surface area contributed by atoms with Gasteiger partial charge in [0.15, 0.2) is 0 Å². The fraction of sp³-hybridized carbons (Fsp3) is 0.200. The van der Waals surface area contributed by atoms with Crippen molar-refractivity contribution in [2.75, 3.05) is 0 Å². The topological polar surface area (TPSA) is 74.7 Å². The fourth-order valence-electron chi connectivity index (χ4n) is 0.589. The molecule has 0 atom stereocenters. The summed E-state index contributed by atoms with van der Waals surface area (Å²) in [7, 11) is 0. The maximum absolute atomic E-state index is 10.9. The monoisotopic (exact) mass is 205 g/mol. The number of rotatable bonds is 1. The minimum atomic E-state index is -0.144. The van der Waals surface area contributed by atoms with E-state index < -0.39 is 0 Å². The van der Waals surface area contributed by atoms with Crippen molar-refractivity contribution in [2.45, 2.75) is 6.54 Å². The molecule has 1 rings (SSSR count). The van der Waals surface area contributed by atoms with E-state index in [4.69, 9.17) is 5.73 Å². The van der Waals surface area contributed by atoms with E-state index in [0.717, 1.165) is 0 Å². The number of aromatic nitrogens is 2. The Balaban J connectivity index is 3.34. The van der Waals surface area contributed by atoms with E-state index in [1.807, 2.05) is 0 Å². The van der Waals surface area contributed by atoms with Crippen LogP contribution in [-0.4, -0.2) is 25.5 Å². The Morgan fingerprint density at radius 3 is 2.90 bits per heavy atom. The number of hydrogen-bond acceptors (Lipinski definition) is 2. The molecule has 10 heavy (non-hydrogen) atoms. The predicted molar refractivity (Wildman–Crippen MR) is 38.3 cm³/mol. The molecule has 0 saturated heterocycles. The third kappa shape index (κ3) is 1.44. The SMILES string of the molecule is NCc1c[nH]c(=[Se])[nH]c1=O. The second kappa shape index (κ2) is 2.96. The Kier molecular flexibility index (Phi) is 2.21. The van der Waals surface area contributed by atoms with Crippen LogP contribution in [0.4, 0.5) is 0 Å². The van der Waals surface area contributed by atoms with E-state index in [2.05, 4.69) is 25.5 Å². The molecule has 1 aromatic heterocycles. The number of hydrogen-bond donors (Lipinski definition) is 3. The number of aromatic amines is 2. The van der Waals surface area contributed by atoms with Crippen LogP contribution in [-0.2, 0) is 6.54 Å². The summed E-state index contributed by atoms with van der Waals surface area (Å²) in [5.74, 6) is 0. The second-order valence-corrected chi connectivity index (χ2v) is 2.66. The van der Waals surface area contributed by atoms with Crippen molar-refractivity contribution >= 4 is 15.6 Å². The van der Waals surface area contributed by atoms with Crippen molar-refractivity contribution in [2.24, 2.45) is 5.73 Å². The van der Waals surface area contributed by atoms with Gasteiger partial charge in [-0.05, 0) is 0 Å². The summed E-state index contributed by atoms with van der Waals surface area (Å²) in [5.41, 5.74) is 5.66. The van der Waals surface area contributed by atoms with Gasteiger partial charge in [-0.2, -0.15) is 0 Å². The van der Waals surface area contributed by atoms with E-state index in [0.29, 0.717) is 9.89 Å². The van der Waals surface area contributed by atoms with Crippen molar-refractivity contribution in [3.8, 4) is 0 Å². The molecule has 5 heteroatoms. The average molecular weight is 204 g/mol. The molecule has 0 aliphatic rings. The van der Waals surface area contributed by atoms with Gasteiger partial charge in [0.1, 0.15) is 0 Å². The van der Waals surface area contributed by atoms with Crippen LogP contribution in [0.5, 0.6) is 0 Å². The van der Waals surface area contributed by atoms with Crippen molar-refractivity contribution < 1.29 is 0 Å². The number of H-pyrrole nitrogens is 2. The van der Waals surface area contributed by atoms with Gasteiger partial charge in [0.05, 0.1) is 0 Å². The molecule has 0 radical (unpaired) electrons. The molecule has 0 fully saturated rings.